The highest BCUT2D eigenvalue weighted by molar-refractivity contribution is 6.07. The second kappa shape index (κ2) is 8.03. The molecule has 8 nitrogen and oxygen atoms in total. The van der Waals surface area contributed by atoms with Crippen LogP contribution in [-0.4, -0.2) is 27.1 Å². The zero-order valence-electron chi connectivity index (χ0n) is 15.1. The highest BCUT2D eigenvalue weighted by Gasteiger charge is 2.26. The summed E-state index contributed by atoms with van der Waals surface area (Å²) in [5.74, 6) is -5.50. The van der Waals surface area contributed by atoms with Crippen LogP contribution in [0.4, 0.5) is 14.6 Å². The van der Waals surface area contributed by atoms with E-state index in [4.69, 9.17) is 10.5 Å². The van der Waals surface area contributed by atoms with E-state index in [1.165, 1.54) is 24.3 Å². The molecule has 3 rings (SSSR count). The van der Waals surface area contributed by atoms with Crippen molar-refractivity contribution in [1.82, 2.24) is 4.98 Å². The Kier molecular flexibility index (Phi) is 5.50. The summed E-state index contributed by atoms with van der Waals surface area (Å²) in [5.41, 5.74) is 3.23. The number of carboxylic acid groups (broad SMARTS) is 2. The number of anilines is 1. The number of halogens is 2. The van der Waals surface area contributed by atoms with Crippen LogP contribution in [0.25, 0.3) is 11.1 Å². The standard InChI is InChI=1S/C20H14F2N2O6/c21-11-4-5-12(22)13(7-11)30-8-9-2-1-3-10(6-9)14-15(19(26)27)17(23)24-18(25)16(14)20(28)29/h1-7H,8H2,(H,26,27)(H,28,29)(H3,23,24,25). The van der Waals surface area contributed by atoms with E-state index in [2.05, 4.69) is 0 Å². The van der Waals surface area contributed by atoms with Crippen molar-refractivity contribution in [3.63, 3.8) is 0 Å². The molecule has 2 aromatic carbocycles. The van der Waals surface area contributed by atoms with Crippen LogP contribution in [0, 0.1) is 11.6 Å². The molecule has 0 bridgehead atoms. The summed E-state index contributed by atoms with van der Waals surface area (Å²) in [6.45, 7) is -0.238. The molecule has 0 saturated carbocycles. The topological polar surface area (TPSA) is 143 Å². The number of H-pyrrole nitrogens is 1. The van der Waals surface area contributed by atoms with Gasteiger partial charge < -0.3 is 25.7 Å². The summed E-state index contributed by atoms with van der Waals surface area (Å²) in [6, 6.07) is 8.45. The van der Waals surface area contributed by atoms with Gasteiger partial charge in [0, 0.05) is 11.6 Å². The van der Waals surface area contributed by atoms with Gasteiger partial charge in [0.15, 0.2) is 11.6 Å². The highest BCUT2D eigenvalue weighted by Crippen LogP contribution is 2.30. The normalized spacial score (nSPS) is 10.6. The lowest BCUT2D eigenvalue weighted by molar-refractivity contribution is 0.0695. The van der Waals surface area contributed by atoms with Crippen molar-refractivity contribution in [3.8, 4) is 16.9 Å². The lowest BCUT2D eigenvalue weighted by atomic mass is 9.94. The largest absolute Gasteiger partial charge is 0.486 e. The predicted molar refractivity (Wildman–Crippen MR) is 102 cm³/mol. The van der Waals surface area contributed by atoms with E-state index in [0.717, 1.165) is 18.2 Å². The Morgan fingerprint density at radius 1 is 1.03 bits per heavy atom. The van der Waals surface area contributed by atoms with Crippen LogP contribution in [-0.2, 0) is 6.61 Å². The van der Waals surface area contributed by atoms with Crippen molar-refractivity contribution in [2.24, 2.45) is 0 Å². The molecular weight excluding hydrogens is 402 g/mol. The molecule has 0 fully saturated rings. The smallest absolute Gasteiger partial charge is 0.342 e. The molecule has 1 heterocycles. The Bertz CT molecular complexity index is 1220. The maximum atomic E-state index is 13.7. The minimum atomic E-state index is -1.64. The van der Waals surface area contributed by atoms with Crippen molar-refractivity contribution < 1.29 is 33.3 Å². The first-order valence-electron chi connectivity index (χ1n) is 8.38. The molecule has 30 heavy (non-hydrogen) atoms. The van der Waals surface area contributed by atoms with E-state index in [0.29, 0.717) is 5.56 Å². The molecule has 0 aliphatic rings. The van der Waals surface area contributed by atoms with Crippen molar-refractivity contribution in [2.45, 2.75) is 6.61 Å². The fourth-order valence-corrected chi connectivity index (χ4v) is 2.90. The molecule has 0 unspecified atom stereocenters. The number of hydrogen-bond donors (Lipinski definition) is 4. The van der Waals surface area contributed by atoms with Gasteiger partial charge in [-0.2, -0.15) is 0 Å². The number of pyridine rings is 1. The fraction of sp³-hybridized carbons (Fsp3) is 0.0500. The van der Waals surface area contributed by atoms with Crippen LogP contribution in [0.15, 0.2) is 47.3 Å². The number of nitrogens with two attached hydrogens (primary N) is 1. The zero-order valence-corrected chi connectivity index (χ0v) is 15.1. The van der Waals surface area contributed by atoms with E-state index in [-0.39, 0.29) is 23.5 Å². The number of aromatic carboxylic acids is 2. The maximum absolute atomic E-state index is 13.7. The van der Waals surface area contributed by atoms with Gasteiger partial charge in [0.2, 0.25) is 0 Å². The summed E-state index contributed by atoms with van der Waals surface area (Å²) in [6.07, 6.45) is 0. The minimum Gasteiger partial charge on any atom is -0.486 e. The third-order valence-electron chi connectivity index (χ3n) is 4.18. The number of nitrogen functional groups attached to an aromatic ring is 1. The van der Waals surface area contributed by atoms with E-state index >= 15 is 0 Å². The second-order valence-corrected chi connectivity index (χ2v) is 6.17. The summed E-state index contributed by atoms with van der Waals surface area (Å²) in [7, 11) is 0. The summed E-state index contributed by atoms with van der Waals surface area (Å²) >= 11 is 0. The number of aromatic amines is 1. The molecule has 0 aliphatic carbocycles. The van der Waals surface area contributed by atoms with Gasteiger partial charge in [-0.3, -0.25) is 4.79 Å². The van der Waals surface area contributed by atoms with Crippen LogP contribution >= 0.6 is 0 Å². The maximum Gasteiger partial charge on any atom is 0.342 e. The number of carbonyl (C=O) groups is 2. The molecule has 0 aliphatic heterocycles. The predicted octanol–water partition coefficient (Wildman–Crippen LogP) is 2.88. The van der Waals surface area contributed by atoms with Gasteiger partial charge in [0.25, 0.3) is 5.56 Å². The third-order valence-corrected chi connectivity index (χ3v) is 4.18. The van der Waals surface area contributed by atoms with E-state index in [1.54, 1.807) is 0 Å². The molecule has 1 aromatic heterocycles. The van der Waals surface area contributed by atoms with Gasteiger partial charge in [-0.15, -0.1) is 0 Å². The van der Waals surface area contributed by atoms with Gasteiger partial charge >= 0.3 is 11.9 Å². The number of ether oxygens (including phenoxy) is 1. The van der Waals surface area contributed by atoms with Crippen molar-refractivity contribution in [1.29, 1.82) is 0 Å². The number of rotatable bonds is 6. The fourth-order valence-electron chi connectivity index (χ4n) is 2.90. The highest BCUT2D eigenvalue weighted by atomic mass is 19.1. The molecule has 0 saturated heterocycles. The average molecular weight is 416 g/mol. The number of aromatic nitrogens is 1. The summed E-state index contributed by atoms with van der Waals surface area (Å²) in [5, 5.41) is 18.9. The van der Waals surface area contributed by atoms with E-state index in [9.17, 15) is 33.4 Å². The van der Waals surface area contributed by atoms with Crippen LogP contribution in [0.1, 0.15) is 26.3 Å². The van der Waals surface area contributed by atoms with Crippen LogP contribution in [0.5, 0.6) is 5.75 Å². The van der Waals surface area contributed by atoms with Gasteiger partial charge in [-0.1, -0.05) is 18.2 Å². The Labute approximate surface area is 167 Å². The molecule has 3 aromatic rings. The monoisotopic (exact) mass is 416 g/mol. The number of carboxylic acids is 2. The first kappa shape index (κ1) is 20.5. The zero-order chi connectivity index (χ0) is 22.0. The molecule has 0 radical (unpaired) electrons. The molecule has 0 atom stereocenters. The summed E-state index contributed by atoms with van der Waals surface area (Å²) in [4.78, 5) is 37.4. The first-order chi connectivity index (χ1) is 14.2. The van der Waals surface area contributed by atoms with E-state index in [1.807, 2.05) is 4.98 Å². The average Bonchev–Trinajstić information content (AvgIpc) is 2.67. The Morgan fingerprint density at radius 2 is 1.73 bits per heavy atom. The first-order valence-corrected chi connectivity index (χ1v) is 8.38. The Balaban J connectivity index is 2.08. The molecule has 10 heteroatoms. The van der Waals surface area contributed by atoms with Gasteiger partial charge in [0.1, 0.15) is 29.4 Å². The number of benzene rings is 2. The summed E-state index contributed by atoms with van der Waals surface area (Å²) < 4.78 is 32.2. The van der Waals surface area contributed by atoms with Crippen molar-refractivity contribution in [3.05, 3.63) is 81.1 Å². The molecular formula is C20H14F2N2O6. The van der Waals surface area contributed by atoms with E-state index < -0.39 is 46.1 Å². The Hall–Kier alpha value is -4.21. The van der Waals surface area contributed by atoms with Gasteiger partial charge in [-0.05, 0) is 29.3 Å². The third kappa shape index (κ3) is 3.97. The number of nitrogens with one attached hydrogen (secondary N) is 1. The Morgan fingerprint density at radius 3 is 2.40 bits per heavy atom. The minimum absolute atomic E-state index is 0.0726. The van der Waals surface area contributed by atoms with Crippen LogP contribution in [0.2, 0.25) is 0 Å². The SMILES string of the molecule is Nc1[nH]c(=O)c(C(=O)O)c(-c2cccc(COc3cc(F)ccc3F)c2)c1C(=O)O. The van der Waals surface area contributed by atoms with Crippen LogP contribution < -0.4 is 16.0 Å². The van der Waals surface area contributed by atoms with Gasteiger partial charge in [0.05, 0.1) is 0 Å². The van der Waals surface area contributed by atoms with Gasteiger partial charge in [-0.25, -0.2) is 18.4 Å². The molecule has 154 valence electrons. The van der Waals surface area contributed by atoms with Crippen molar-refractivity contribution in [2.75, 3.05) is 5.73 Å². The van der Waals surface area contributed by atoms with Crippen LogP contribution in [0.3, 0.4) is 0 Å². The van der Waals surface area contributed by atoms with Crippen molar-refractivity contribution >= 4 is 17.8 Å². The molecule has 0 spiro atoms. The number of hydrogen-bond acceptors (Lipinski definition) is 5. The second-order valence-electron chi connectivity index (χ2n) is 6.17. The molecule has 5 N–H and O–H groups in total. The lowest BCUT2D eigenvalue weighted by Gasteiger charge is -2.13. The lowest BCUT2D eigenvalue weighted by Crippen LogP contribution is -2.24. The molecule has 0 amide bonds. The quantitative estimate of drug-likeness (QED) is 0.484.